The summed E-state index contributed by atoms with van der Waals surface area (Å²) in [6.07, 6.45) is 5.64. The SMILES string of the molecule is CCOC(=O)C1(N[C@@H](C)C(=O)N2CCC[C@H]2C(=O)OC(C)(C)C)CCCCC1. The Balaban J connectivity index is 2.09. The molecule has 7 nitrogen and oxygen atoms in total. The molecule has 0 spiro atoms. The molecule has 1 aliphatic carbocycles. The fourth-order valence-electron chi connectivity index (χ4n) is 4.20. The smallest absolute Gasteiger partial charge is 0.329 e. The number of rotatable bonds is 6. The Bertz CT molecular complexity index is 578. The molecule has 1 saturated heterocycles. The zero-order valence-electron chi connectivity index (χ0n) is 18.0. The molecule has 1 heterocycles. The molecular weight excluding hydrogens is 360 g/mol. The summed E-state index contributed by atoms with van der Waals surface area (Å²) >= 11 is 0. The standard InChI is InChI=1S/C21H36N2O5/c1-6-27-19(26)21(12-8-7-9-13-21)22-15(2)17(24)23-14-10-11-16(23)18(25)28-20(3,4)5/h15-16,22H,6-14H2,1-5H3/t15-,16-/m0/s1. The van der Waals surface area contributed by atoms with Gasteiger partial charge in [-0.05, 0) is 60.3 Å². The molecule has 1 aliphatic heterocycles. The van der Waals surface area contributed by atoms with Crippen molar-refractivity contribution in [1.29, 1.82) is 0 Å². The van der Waals surface area contributed by atoms with Crippen LogP contribution in [0.15, 0.2) is 0 Å². The molecule has 160 valence electrons. The van der Waals surface area contributed by atoms with E-state index in [2.05, 4.69) is 5.32 Å². The van der Waals surface area contributed by atoms with Crippen LogP contribution in [0.1, 0.15) is 79.6 Å². The average molecular weight is 397 g/mol. The Morgan fingerprint density at radius 2 is 1.79 bits per heavy atom. The molecule has 1 amide bonds. The van der Waals surface area contributed by atoms with Crippen molar-refractivity contribution in [3.63, 3.8) is 0 Å². The molecule has 1 N–H and O–H groups in total. The van der Waals surface area contributed by atoms with Crippen LogP contribution >= 0.6 is 0 Å². The minimum absolute atomic E-state index is 0.164. The minimum Gasteiger partial charge on any atom is -0.465 e. The second-order valence-electron chi connectivity index (χ2n) is 8.95. The van der Waals surface area contributed by atoms with Gasteiger partial charge in [-0.25, -0.2) is 4.79 Å². The first-order valence-corrected chi connectivity index (χ1v) is 10.6. The summed E-state index contributed by atoms with van der Waals surface area (Å²) in [6, 6.07) is -1.13. The lowest BCUT2D eigenvalue weighted by atomic mass is 9.81. The normalized spacial score (nSPS) is 23.2. The predicted octanol–water partition coefficient (Wildman–Crippen LogP) is 2.56. The zero-order valence-corrected chi connectivity index (χ0v) is 18.0. The molecule has 0 aromatic carbocycles. The second-order valence-corrected chi connectivity index (χ2v) is 8.95. The number of likely N-dealkylation sites (tertiary alicyclic amines) is 1. The average Bonchev–Trinajstić information content (AvgIpc) is 3.10. The molecule has 2 fully saturated rings. The number of ether oxygens (including phenoxy) is 2. The number of hydrogen-bond donors (Lipinski definition) is 1. The van der Waals surface area contributed by atoms with E-state index in [1.807, 2.05) is 20.8 Å². The molecule has 2 aliphatic rings. The minimum atomic E-state index is -0.815. The van der Waals surface area contributed by atoms with Crippen LogP contribution in [0, 0.1) is 0 Å². The van der Waals surface area contributed by atoms with Crippen molar-refractivity contribution in [2.75, 3.05) is 13.2 Å². The van der Waals surface area contributed by atoms with Gasteiger partial charge in [0.25, 0.3) is 0 Å². The summed E-state index contributed by atoms with van der Waals surface area (Å²) in [5.41, 5.74) is -1.40. The van der Waals surface area contributed by atoms with Crippen LogP contribution in [-0.2, 0) is 23.9 Å². The highest BCUT2D eigenvalue weighted by molar-refractivity contribution is 5.89. The second kappa shape index (κ2) is 9.25. The maximum absolute atomic E-state index is 13.1. The van der Waals surface area contributed by atoms with Gasteiger partial charge in [0.2, 0.25) is 5.91 Å². The summed E-state index contributed by atoms with van der Waals surface area (Å²) in [7, 11) is 0. The molecule has 0 radical (unpaired) electrons. The lowest BCUT2D eigenvalue weighted by Crippen LogP contribution is -2.61. The van der Waals surface area contributed by atoms with Crippen molar-refractivity contribution < 1.29 is 23.9 Å². The van der Waals surface area contributed by atoms with Gasteiger partial charge in [-0.1, -0.05) is 19.3 Å². The van der Waals surface area contributed by atoms with Gasteiger partial charge in [-0.2, -0.15) is 0 Å². The van der Waals surface area contributed by atoms with Crippen LogP contribution in [0.25, 0.3) is 0 Å². The van der Waals surface area contributed by atoms with E-state index in [1.165, 1.54) is 0 Å². The molecule has 2 rings (SSSR count). The van der Waals surface area contributed by atoms with Crippen molar-refractivity contribution in [2.24, 2.45) is 0 Å². The van der Waals surface area contributed by atoms with E-state index in [4.69, 9.17) is 9.47 Å². The van der Waals surface area contributed by atoms with E-state index >= 15 is 0 Å². The third kappa shape index (κ3) is 5.46. The number of carbonyl (C=O) groups is 3. The van der Waals surface area contributed by atoms with Gasteiger partial charge in [-0.3, -0.25) is 14.9 Å². The van der Waals surface area contributed by atoms with Gasteiger partial charge in [0.1, 0.15) is 17.2 Å². The number of hydrogen-bond acceptors (Lipinski definition) is 6. The van der Waals surface area contributed by atoms with E-state index in [-0.39, 0.29) is 17.8 Å². The Labute approximate surface area is 168 Å². The van der Waals surface area contributed by atoms with E-state index < -0.39 is 23.2 Å². The summed E-state index contributed by atoms with van der Waals surface area (Å²) < 4.78 is 10.8. The van der Waals surface area contributed by atoms with Crippen LogP contribution in [0.5, 0.6) is 0 Å². The Morgan fingerprint density at radius 3 is 2.36 bits per heavy atom. The van der Waals surface area contributed by atoms with Gasteiger partial charge in [0, 0.05) is 6.54 Å². The quantitative estimate of drug-likeness (QED) is 0.695. The molecule has 0 unspecified atom stereocenters. The molecule has 0 aromatic heterocycles. The predicted molar refractivity (Wildman–Crippen MR) is 106 cm³/mol. The summed E-state index contributed by atoms with van der Waals surface area (Å²) in [6.45, 7) is 9.87. The molecule has 28 heavy (non-hydrogen) atoms. The molecule has 7 heteroatoms. The first kappa shape index (κ1) is 22.7. The van der Waals surface area contributed by atoms with Crippen molar-refractivity contribution in [1.82, 2.24) is 10.2 Å². The van der Waals surface area contributed by atoms with Crippen LogP contribution in [-0.4, -0.2) is 59.1 Å². The van der Waals surface area contributed by atoms with Crippen molar-refractivity contribution in [3.05, 3.63) is 0 Å². The number of nitrogens with zero attached hydrogens (tertiary/aromatic N) is 1. The van der Waals surface area contributed by atoms with Gasteiger partial charge >= 0.3 is 11.9 Å². The highest BCUT2D eigenvalue weighted by atomic mass is 16.6. The topological polar surface area (TPSA) is 84.9 Å². The Kier molecular flexibility index (Phi) is 7.48. The molecule has 0 aromatic rings. The fraction of sp³-hybridized carbons (Fsp3) is 0.857. The highest BCUT2D eigenvalue weighted by Crippen LogP contribution is 2.31. The van der Waals surface area contributed by atoms with Crippen LogP contribution in [0.3, 0.4) is 0 Å². The fourth-order valence-corrected chi connectivity index (χ4v) is 4.20. The van der Waals surface area contributed by atoms with E-state index in [9.17, 15) is 14.4 Å². The maximum atomic E-state index is 13.1. The molecular formula is C21H36N2O5. The van der Waals surface area contributed by atoms with Gasteiger partial charge in [-0.15, -0.1) is 0 Å². The van der Waals surface area contributed by atoms with Crippen LogP contribution < -0.4 is 5.32 Å². The summed E-state index contributed by atoms with van der Waals surface area (Å²) in [4.78, 5) is 39.9. The van der Waals surface area contributed by atoms with Gasteiger partial charge < -0.3 is 14.4 Å². The van der Waals surface area contributed by atoms with E-state index in [0.717, 1.165) is 25.7 Å². The molecule has 2 atom stereocenters. The van der Waals surface area contributed by atoms with Crippen molar-refractivity contribution >= 4 is 17.8 Å². The molecule has 0 bridgehead atoms. The number of amides is 1. The van der Waals surface area contributed by atoms with Crippen LogP contribution in [0.4, 0.5) is 0 Å². The lowest BCUT2D eigenvalue weighted by molar-refractivity contribution is -0.164. The Hall–Kier alpha value is -1.63. The van der Waals surface area contributed by atoms with Gasteiger partial charge in [0.05, 0.1) is 12.6 Å². The van der Waals surface area contributed by atoms with Crippen LogP contribution in [0.2, 0.25) is 0 Å². The lowest BCUT2D eigenvalue weighted by Gasteiger charge is -2.38. The maximum Gasteiger partial charge on any atom is 0.329 e. The van der Waals surface area contributed by atoms with Crippen molar-refractivity contribution in [3.8, 4) is 0 Å². The zero-order chi connectivity index (χ0) is 20.9. The van der Waals surface area contributed by atoms with Gasteiger partial charge in [0.15, 0.2) is 0 Å². The third-order valence-corrected chi connectivity index (χ3v) is 5.45. The summed E-state index contributed by atoms with van der Waals surface area (Å²) in [5.74, 6) is -0.801. The monoisotopic (exact) mass is 396 g/mol. The highest BCUT2D eigenvalue weighted by Gasteiger charge is 2.45. The molecule has 1 saturated carbocycles. The first-order valence-electron chi connectivity index (χ1n) is 10.6. The number of esters is 2. The third-order valence-electron chi connectivity index (χ3n) is 5.45. The number of carbonyl (C=O) groups excluding carboxylic acids is 3. The Morgan fingerprint density at radius 1 is 1.14 bits per heavy atom. The van der Waals surface area contributed by atoms with E-state index in [1.54, 1.807) is 18.7 Å². The summed E-state index contributed by atoms with van der Waals surface area (Å²) in [5, 5.41) is 3.28. The van der Waals surface area contributed by atoms with Crippen molar-refractivity contribution in [2.45, 2.75) is 103 Å². The number of nitrogens with one attached hydrogen (secondary N) is 1. The van der Waals surface area contributed by atoms with E-state index in [0.29, 0.717) is 32.4 Å². The first-order chi connectivity index (χ1) is 13.1. The largest absolute Gasteiger partial charge is 0.465 e.